The first-order valence-electron chi connectivity index (χ1n) is 7.14. The van der Waals surface area contributed by atoms with Crippen LogP contribution in [0, 0.1) is 0 Å². The number of hydrogen-bond donors (Lipinski definition) is 2. The monoisotopic (exact) mass is 308 g/mol. The topological polar surface area (TPSA) is 65.1 Å². The van der Waals surface area contributed by atoms with Crippen molar-refractivity contribution < 1.29 is 5.21 Å². The Kier molecular flexibility index (Phi) is 5.36. The number of piperidine rings is 1. The van der Waals surface area contributed by atoms with Gasteiger partial charge < -0.3 is 20.7 Å². The molecular formula is C15H24N4OS. The number of amidine groups is 1. The molecule has 5 nitrogen and oxygen atoms in total. The van der Waals surface area contributed by atoms with Gasteiger partial charge in [0, 0.05) is 29.7 Å². The molecule has 0 spiro atoms. The number of hydrogen-bond acceptors (Lipinski definition) is 5. The molecule has 1 atom stereocenters. The molecule has 1 aromatic carbocycles. The fourth-order valence-corrected chi connectivity index (χ4v) is 3.48. The zero-order chi connectivity index (χ0) is 15.4. The predicted octanol–water partition coefficient (Wildman–Crippen LogP) is 2.03. The normalized spacial score (nSPS) is 20.1. The first-order valence-corrected chi connectivity index (χ1v) is 8.37. The first kappa shape index (κ1) is 16.0. The second-order valence-electron chi connectivity index (χ2n) is 5.55. The third kappa shape index (κ3) is 3.44. The van der Waals surface area contributed by atoms with Gasteiger partial charge >= 0.3 is 0 Å². The molecule has 0 radical (unpaired) electrons. The van der Waals surface area contributed by atoms with Crippen LogP contribution in [0.3, 0.4) is 0 Å². The van der Waals surface area contributed by atoms with Crippen LogP contribution in [0.15, 0.2) is 28.3 Å². The van der Waals surface area contributed by atoms with Crippen molar-refractivity contribution in [1.29, 1.82) is 0 Å². The quantitative estimate of drug-likeness (QED) is 0.293. The first-order chi connectivity index (χ1) is 10.1. The minimum Gasteiger partial charge on any atom is -0.409 e. The summed E-state index contributed by atoms with van der Waals surface area (Å²) >= 11 is 1.62. The molecular weight excluding hydrogens is 284 g/mol. The highest BCUT2D eigenvalue weighted by Gasteiger charge is 2.25. The summed E-state index contributed by atoms with van der Waals surface area (Å²) in [5.74, 6) is 0.182. The Labute approximate surface area is 130 Å². The standard InChI is InChI=1S/C15H24N4OS/c1-18(2)11-6-5-9-19(10-11)12-7-4-8-13(21-3)14(12)15(16)17-20/h4,7-8,11,20H,5-6,9-10H2,1-3H3,(H2,16,17). The van der Waals surface area contributed by atoms with E-state index in [0.717, 1.165) is 35.7 Å². The summed E-state index contributed by atoms with van der Waals surface area (Å²) < 4.78 is 0. The molecule has 3 N–H and O–H groups in total. The number of oxime groups is 1. The second kappa shape index (κ2) is 7.04. The molecule has 116 valence electrons. The Morgan fingerprint density at radius 3 is 2.86 bits per heavy atom. The lowest BCUT2D eigenvalue weighted by molar-refractivity contribution is 0.258. The number of nitrogens with zero attached hydrogens (tertiary/aromatic N) is 3. The van der Waals surface area contributed by atoms with Gasteiger partial charge in [0.25, 0.3) is 0 Å². The van der Waals surface area contributed by atoms with Crippen LogP contribution in [0.5, 0.6) is 0 Å². The number of nitrogens with two attached hydrogens (primary N) is 1. The summed E-state index contributed by atoms with van der Waals surface area (Å²) in [4.78, 5) is 5.66. The summed E-state index contributed by atoms with van der Waals surface area (Å²) in [7, 11) is 4.24. The number of rotatable bonds is 4. The Hall–Kier alpha value is -1.40. The lowest BCUT2D eigenvalue weighted by Gasteiger charge is -2.38. The summed E-state index contributed by atoms with van der Waals surface area (Å²) in [6.07, 6.45) is 4.37. The molecule has 2 rings (SSSR count). The molecule has 6 heteroatoms. The maximum absolute atomic E-state index is 9.10. The smallest absolute Gasteiger partial charge is 0.173 e. The van der Waals surface area contributed by atoms with Gasteiger partial charge in [0.1, 0.15) is 0 Å². The van der Waals surface area contributed by atoms with Crippen LogP contribution < -0.4 is 10.6 Å². The SMILES string of the molecule is CSc1cccc(N2CCCC(N(C)C)C2)c1/C(N)=N/O. The minimum atomic E-state index is 0.182. The molecule has 21 heavy (non-hydrogen) atoms. The van der Waals surface area contributed by atoms with Gasteiger partial charge in [-0.15, -0.1) is 11.8 Å². The molecule has 1 fully saturated rings. The highest BCUT2D eigenvalue weighted by molar-refractivity contribution is 7.98. The van der Waals surface area contributed by atoms with Gasteiger partial charge in [-0.3, -0.25) is 0 Å². The average molecular weight is 308 g/mol. The average Bonchev–Trinajstić information content (AvgIpc) is 2.53. The molecule has 1 aromatic rings. The van der Waals surface area contributed by atoms with Gasteiger partial charge in [-0.25, -0.2) is 0 Å². The largest absolute Gasteiger partial charge is 0.409 e. The Bertz CT molecular complexity index is 518. The third-order valence-electron chi connectivity index (χ3n) is 4.06. The highest BCUT2D eigenvalue weighted by Crippen LogP contribution is 2.31. The maximum atomic E-state index is 9.10. The van der Waals surface area contributed by atoms with Gasteiger partial charge in [-0.1, -0.05) is 11.2 Å². The zero-order valence-corrected chi connectivity index (χ0v) is 13.7. The summed E-state index contributed by atoms with van der Waals surface area (Å²) in [5.41, 5.74) is 7.82. The number of anilines is 1. The van der Waals surface area contributed by atoms with Gasteiger partial charge in [0.05, 0.1) is 5.56 Å². The van der Waals surface area contributed by atoms with Crippen LogP contribution in [0.1, 0.15) is 18.4 Å². The van der Waals surface area contributed by atoms with Crippen molar-refractivity contribution in [2.45, 2.75) is 23.8 Å². The Balaban J connectivity index is 2.39. The van der Waals surface area contributed by atoms with Crippen LogP contribution in [0.2, 0.25) is 0 Å². The van der Waals surface area contributed by atoms with Gasteiger partial charge in [0.2, 0.25) is 0 Å². The van der Waals surface area contributed by atoms with E-state index in [4.69, 9.17) is 10.9 Å². The molecule has 1 saturated heterocycles. The summed E-state index contributed by atoms with van der Waals surface area (Å²) in [6.45, 7) is 1.98. The van der Waals surface area contributed by atoms with Gasteiger partial charge in [0.15, 0.2) is 5.84 Å². The zero-order valence-electron chi connectivity index (χ0n) is 12.9. The number of likely N-dealkylation sites (N-methyl/N-ethyl adjacent to an activating group) is 1. The van der Waals surface area contributed by atoms with Crippen molar-refractivity contribution in [2.75, 3.05) is 38.3 Å². The van der Waals surface area contributed by atoms with E-state index in [1.807, 2.05) is 18.4 Å². The van der Waals surface area contributed by atoms with Crippen LogP contribution in [-0.2, 0) is 0 Å². The van der Waals surface area contributed by atoms with E-state index in [9.17, 15) is 0 Å². The molecule has 0 saturated carbocycles. The van der Waals surface area contributed by atoms with Crippen LogP contribution >= 0.6 is 11.8 Å². The highest BCUT2D eigenvalue weighted by atomic mass is 32.2. The van der Waals surface area contributed by atoms with Crippen molar-refractivity contribution in [3.8, 4) is 0 Å². The van der Waals surface area contributed by atoms with Crippen molar-refractivity contribution in [3.63, 3.8) is 0 Å². The van der Waals surface area contributed by atoms with E-state index >= 15 is 0 Å². The molecule has 0 aromatic heterocycles. The minimum absolute atomic E-state index is 0.182. The lowest BCUT2D eigenvalue weighted by atomic mass is 10.0. The molecule has 1 aliphatic heterocycles. The Morgan fingerprint density at radius 2 is 2.24 bits per heavy atom. The number of thioether (sulfide) groups is 1. The van der Waals surface area contributed by atoms with Crippen molar-refractivity contribution >= 4 is 23.3 Å². The molecule has 0 bridgehead atoms. The van der Waals surface area contributed by atoms with Crippen molar-refractivity contribution in [1.82, 2.24) is 4.90 Å². The maximum Gasteiger partial charge on any atom is 0.173 e. The van der Waals surface area contributed by atoms with E-state index < -0.39 is 0 Å². The van der Waals surface area contributed by atoms with Gasteiger partial charge in [-0.05, 0) is 45.3 Å². The molecule has 0 aliphatic carbocycles. The summed E-state index contributed by atoms with van der Waals surface area (Å²) in [6, 6.07) is 6.64. The fourth-order valence-electron chi connectivity index (χ4n) is 2.86. The molecule has 1 unspecified atom stereocenters. The van der Waals surface area contributed by atoms with E-state index in [2.05, 4.69) is 35.1 Å². The second-order valence-corrected chi connectivity index (χ2v) is 6.39. The van der Waals surface area contributed by atoms with E-state index in [0.29, 0.717) is 6.04 Å². The Morgan fingerprint density at radius 1 is 1.48 bits per heavy atom. The lowest BCUT2D eigenvalue weighted by Crippen LogP contribution is -2.45. The van der Waals surface area contributed by atoms with E-state index in [1.54, 1.807) is 11.8 Å². The fraction of sp³-hybridized carbons (Fsp3) is 0.533. The van der Waals surface area contributed by atoms with Crippen molar-refractivity contribution in [2.24, 2.45) is 10.9 Å². The predicted molar refractivity (Wildman–Crippen MR) is 89.7 cm³/mol. The molecule has 1 heterocycles. The van der Waals surface area contributed by atoms with Crippen molar-refractivity contribution in [3.05, 3.63) is 23.8 Å². The molecule has 0 amide bonds. The molecule has 1 aliphatic rings. The van der Waals surface area contributed by atoms with Gasteiger partial charge in [-0.2, -0.15) is 0 Å². The van der Waals surface area contributed by atoms with Crippen LogP contribution in [0.4, 0.5) is 5.69 Å². The van der Waals surface area contributed by atoms with Crippen LogP contribution in [0.25, 0.3) is 0 Å². The number of benzene rings is 1. The third-order valence-corrected chi connectivity index (χ3v) is 4.84. The van der Waals surface area contributed by atoms with Crippen LogP contribution in [-0.4, -0.2) is 55.4 Å². The summed E-state index contributed by atoms with van der Waals surface area (Å²) in [5, 5.41) is 12.3. The van der Waals surface area contributed by atoms with E-state index in [1.165, 1.54) is 6.42 Å². The van der Waals surface area contributed by atoms with E-state index in [-0.39, 0.29) is 5.84 Å².